The van der Waals surface area contributed by atoms with E-state index in [2.05, 4.69) is 6.58 Å². The van der Waals surface area contributed by atoms with E-state index in [1.165, 1.54) is 22.5 Å². The molecule has 0 aliphatic rings. The highest BCUT2D eigenvalue weighted by atomic mass is 32.2. The highest BCUT2D eigenvalue weighted by molar-refractivity contribution is 7.88. The number of halogens is 3. The van der Waals surface area contributed by atoms with E-state index in [0.717, 1.165) is 17.7 Å². The molecule has 2 aromatic carbocycles. The maximum atomic E-state index is 12.8. The van der Waals surface area contributed by atoms with E-state index < -0.39 is 27.5 Å². The summed E-state index contributed by atoms with van der Waals surface area (Å²) in [5, 5.41) is 0. The first kappa shape index (κ1) is 19.2. The van der Waals surface area contributed by atoms with Crippen LogP contribution >= 0.6 is 0 Å². The first-order valence-electron chi connectivity index (χ1n) is 7.51. The van der Waals surface area contributed by atoms with E-state index in [9.17, 15) is 21.6 Å². The first-order chi connectivity index (χ1) is 11.7. The third-order valence-corrected chi connectivity index (χ3v) is 5.29. The van der Waals surface area contributed by atoms with E-state index in [1.807, 2.05) is 6.07 Å². The van der Waals surface area contributed by atoms with E-state index >= 15 is 0 Å². The second-order valence-electron chi connectivity index (χ2n) is 5.52. The van der Waals surface area contributed by atoms with E-state index in [-0.39, 0.29) is 18.7 Å². The molecule has 3 nitrogen and oxygen atoms in total. The molecule has 0 atom stereocenters. The molecule has 0 radical (unpaired) electrons. The van der Waals surface area contributed by atoms with Crippen molar-refractivity contribution in [2.75, 3.05) is 6.54 Å². The van der Waals surface area contributed by atoms with Crippen LogP contribution in [0, 0.1) is 0 Å². The van der Waals surface area contributed by atoms with Crippen LogP contribution in [0.5, 0.6) is 0 Å². The summed E-state index contributed by atoms with van der Waals surface area (Å²) in [4.78, 5) is 0. The van der Waals surface area contributed by atoms with Gasteiger partial charge in [0.05, 0.1) is 11.3 Å². The van der Waals surface area contributed by atoms with Gasteiger partial charge in [-0.3, -0.25) is 0 Å². The zero-order valence-electron chi connectivity index (χ0n) is 13.4. The molecule has 0 fully saturated rings. The predicted molar refractivity (Wildman–Crippen MR) is 91.1 cm³/mol. The fourth-order valence-corrected chi connectivity index (χ4v) is 3.81. The highest BCUT2D eigenvalue weighted by Gasteiger charge is 2.31. The maximum absolute atomic E-state index is 12.8. The molecule has 0 saturated carbocycles. The number of sulfonamides is 1. The van der Waals surface area contributed by atoms with Crippen LogP contribution in [-0.4, -0.2) is 19.3 Å². The Morgan fingerprint density at radius 3 is 2.24 bits per heavy atom. The minimum absolute atomic E-state index is 0.0796. The van der Waals surface area contributed by atoms with Crippen LogP contribution in [-0.2, 0) is 28.5 Å². The minimum atomic E-state index is -4.51. The molecule has 25 heavy (non-hydrogen) atoms. The van der Waals surface area contributed by atoms with Gasteiger partial charge in [-0.2, -0.15) is 17.5 Å². The molecule has 0 saturated heterocycles. The lowest BCUT2D eigenvalue weighted by atomic mass is 10.1. The van der Waals surface area contributed by atoms with Crippen LogP contribution in [0.3, 0.4) is 0 Å². The van der Waals surface area contributed by atoms with Gasteiger partial charge in [0.25, 0.3) is 0 Å². The van der Waals surface area contributed by atoms with E-state index in [4.69, 9.17) is 0 Å². The number of rotatable bonds is 7. The summed E-state index contributed by atoms with van der Waals surface area (Å²) in [5.74, 6) is -0.502. The summed E-state index contributed by atoms with van der Waals surface area (Å²) in [6, 6.07) is 13.4. The number of benzene rings is 2. The second-order valence-corrected chi connectivity index (χ2v) is 7.49. The predicted octanol–water partition coefficient (Wildman–Crippen LogP) is 4.22. The standard InChI is InChI=1S/C18H18F3NO2S/c1-2-11-22(13-15-7-4-3-5-8-15)25(23,24)14-16-9-6-10-17(12-16)18(19,20)21/h2-10,12H,1,11,13-14H2. The van der Waals surface area contributed by atoms with Crippen molar-refractivity contribution in [3.8, 4) is 0 Å². The van der Waals surface area contributed by atoms with Crippen molar-refractivity contribution in [1.82, 2.24) is 4.31 Å². The molecular formula is C18H18F3NO2S. The van der Waals surface area contributed by atoms with Crippen LogP contribution in [0.15, 0.2) is 67.3 Å². The second kappa shape index (κ2) is 7.84. The van der Waals surface area contributed by atoms with Crippen molar-refractivity contribution in [3.63, 3.8) is 0 Å². The third kappa shape index (κ3) is 5.44. The van der Waals surface area contributed by atoms with Crippen molar-refractivity contribution < 1.29 is 21.6 Å². The average molecular weight is 369 g/mol. The van der Waals surface area contributed by atoms with Gasteiger partial charge in [0.2, 0.25) is 10.0 Å². The molecule has 0 aliphatic carbocycles. The van der Waals surface area contributed by atoms with Gasteiger partial charge in [-0.1, -0.05) is 54.6 Å². The summed E-state index contributed by atoms with van der Waals surface area (Å²) in [5.41, 5.74) is 0.0208. The van der Waals surface area contributed by atoms with Gasteiger partial charge in [-0.25, -0.2) is 8.42 Å². The lowest BCUT2D eigenvalue weighted by molar-refractivity contribution is -0.137. The smallest absolute Gasteiger partial charge is 0.212 e. The van der Waals surface area contributed by atoms with Crippen LogP contribution in [0.25, 0.3) is 0 Å². The molecule has 0 spiro atoms. The van der Waals surface area contributed by atoms with Gasteiger partial charge in [-0.05, 0) is 17.2 Å². The van der Waals surface area contributed by atoms with Crippen molar-refractivity contribution in [2.45, 2.75) is 18.5 Å². The Morgan fingerprint density at radius 1 is 1.00 bits per heavy atom. The van der Waals surface area contributed by atoms with Gasteiger partial charge in [-0.15, -0.1) is 6.58 Å². The zero-order valence-corrected chi connectivity index (χ0v) is 14.2. The monoisotopic (exact) mass is 369 g/mol. The SMILES string of the molecule is C=CCN(Cc1ccccc1)S(=O)(=O)Cc1cccc(C(F)(F)F)c1. The molecule has 2 aromatic rings. The zero-order chi connectivity index (χ0) is 18.5. The Labute approximate surface area is 145 Å². The number of nitrogens with zero attached hydrogens (tertiary/aromatic N) is 1. The molecule has 0 heterocycles. The van der Waals surface area contributed by atoms with Gasteiger partial charge >= 0.3 is 6.18 Å². The topological polar surface area (TPSA) is 37.4 Å². The molecule has 0 unspecified atom stereocenters. The molecule has 0 aliphatic heterocycles. The number of hydrogen-bond acceptors (Lipinski definition) is 2. The molecule has 0 N–H and O–H groups in total. The molecule has 134 valence electrons. The van der Waals surface area contributed by atoms with Gasteiger partial charge < -0.3 is 0 Å². The Bertz CT molecular complexity index is 818. The van der Waals surface area contributed by atoms with Gasteiger partial charge in [0, 0.05) is 13.1 Å². The Morgan fingerprint density at radius 2 is 1.64 bits per heavy atom. The van der Waals surface area contributed by atoms with Gasteiger partial charge in [0.1, 0.15) is 0 Å². The number of alkyl halides is 3. The minimum Gasteiger partial charge on any atom is -0.212 e. The lowest BCUT2D eigenvalue weighted by Crippen LogP contribution is -2.32. The van der Waals surface area contributed by atoms with Crippen LogP contribution in [0.2, 0.25) is 0 Å². The van der Waals surface area contributed by atoms with Crippen molar-refractivity contribution in [1.29, 1.82) is 0 Å². The van der Waals surface area contributed by atoms with Gasteiger partial charge in [0.15, 0.2) is 0 Å². The van der Waals surface area contributed by atoms with Crippen molar-refractivity contribution in [2.24, 2.45) is 0 Å². The Kier molecular flexibility index (Phi) is 6.02. The normalized spacial score (nSPS) is 12.3. The lowest BCUT2D eigenvalue weighted by Gasteiger charge is -2.21. The molecule has 0 aromatic heterocycles. The van der Waals surface area contributed by atoms with E-state index in [1.54, 1.807) is 24.3 Å². The molecule has 0 bridgehead atoms. The van der Waals surface area contributed by atoms with E-state index in [0.29, 0.717) is 0 Å². The fourth-order valence-electron chi connectivity index (χ4n) is 2.35. The first-order valence-corrected chi connectivity index (χ1v) is 9.12. The molecule has 2 rings (SSSR count). The summed E-state index contributed by atoms with van der Waals surface area (Å²) >= 11 is 0. The largest absolute Gasteiger partial charge is 0.416 e. The summed E-state index contributed by atoms with van der Waals surface area (Å²) < 4.78 is 64.9. The average Bonchev–Trinajstić information content (AvgIpc) is 2.54. The summed E-state index contributed by atoms with van der Waals surface area (Å²) in [7, 11) is -3.80. The third-order valence-electron chi connectivity index (χ3n) is 3.53. The number of hydrogen-bond donors (Lipinski definition) is 0. The summed E-state index contributed by atoms with van der Waals surface area (Å²) in [6.07, 6.45) is -3.06. The van der Waals surface area contributed by atoms with Crippen LogP contribution in [0.4, 0.5) is 13.2 Å². The quantitative estimate of drug-likeness (QED) is 0.685. The molecule has 0 amide bonds. The Balaban J connectivity index is 2.24. The van der Waals surface area contributed by atoms with Crippen LogP contribution in [0.1, 0.15) is 16.7 Å². The van der Waals surface area contributed by atoms with Crippen LogP contribution < -0.4 is 0 Å². The molecule has 7 heteroatoms. The fraction of sp³-hybridized carbons (Fsp3) is 0.222. The maximum Gasteiger partial charge on any atom is 0.416 e. The Hall–Kier alpha value is -2.12. The molecular weight excluding hydrogens is 351 g/mol. The highest BCUT2D eigenvalue weighted by Crippen LogP contribution is 2.30. The summed E-state index contributed by atoms with van der Waals surface area (Å²) in [6.45, 7) is 3.77. The van der Waals surface area contributed by atoms with Crippen molar-refractivity contribution in [3.05, 3.63) is 83.9 Å². The van der Waals surface area contributed by atoms with Crippen molar-refractivity contribution >= 4 is 10.0 Å².